The van der Waals surface area contributed by atoms with E-state index in [1.165, 1.54) is 11.1 Å². The Bertz CT molecular complexity index is 211. The molecule has 0 heterocycles. The van der Waals surface area contributed by atoms with Crippen LogP contribution in [0, 0.1) is 0 Å². The standard InChI is InChI=1S/C10H15N/c1-3-5-9-8(4-2)6-7-10(9)11/h3-5,10H,1,6-7,11H2,2H3/b8-4-,9-5?. The van der Waals surface area contributed by atoms with Crippen LogP contribution in [0.4, 0.5) is 0 Å². The van der Waals surface area contributed by atoms with Gasteiger partial charge in [0.15, 0.2) is 0 Å². The fraction of sp³-hybridized carbons (Fsp3) is 0.400. The summed E-state index contributed by atoms with van der Waals surface area (Å²) < 4.78 is 0. The predicted molar refractivity (Wildman–Crippen MR) is 49.2 cm³/mol. The largest absolute Gasteiger partial charge is 0.324 e. The van der Waals surface area contributed by atoms with Crippen molar-refractivity contribution in [3.05, 3.63) is 36.0 Å². The molecular weight excluding hydrogens is 134 g/mol. The van der Waals surface area contributed by atoms with Crippen molar-refractivity contribution in [1.82, 2.24) is 0 Å². The minimum absolute atomic E-state index is 0.235. The minimum atomic E-state index is 0.235. The third-order valence-electron chi connectivity index (χ3n) is 2.14. The molecule has 60 valence electrons. The molecule has 1 aliphatic carbocycles. The number of nitrogens with two attached hydrogens (primary N) is 1. The smallest absolute Gasteiger partial charge is 0.0300 e. The van der Waals surface area contributed by atoms with Crippen LogP contribution in [0.15, 0.2) is 36.0 Å². The maximum atomic E-state index is 5.87. The highest BCUT2D eigenvalue weighted by Crippen LogP contribution is 2.29. The Morgan fingerprint density at radius 1 is 1.64 bits per heavy atom. The van der Waals surface area contributed by atoms with E-state index < -0.39 is 0 Å². The Morgan fingerprint density at radius 2 is 2.36 bits per heavy atom. The van der Waals surface area contributed by atoms with Crippen molar-refractivity contribution < 1.29 is 0 Å². The summed E-state index contributed by atoms with van der Waals surface area (Å²) in [4.78, 5) is 0. The first-order chi connectivity index (χ1) is 5.29. The summed E-state index contributed by atoms with van der Waals surface area (Å²) in [7, 11) is 0. The quantitative estimate of drug-likeness (QED) is 0.607. The second-order valence-electron chi connectivity index (χ2n) is 2.82. The molecule has 0 saturated heterocycles. The van der Waals surface area contributed by atoms with E-state index >= 15 is 0 Å². The summed E-state index contributed by atoms with van der Waals surface area (Å²) in [6.45, 7) is 5.73. The van der Waals surface area contributed by atoms with Gasteiger partial charge in [-0.1, -0.05) is 24.8 Å². The van der Waals surface area contributed by atoms with Crippen molar-refractivity contribution in [2.45, 2.75) is 25.8 Å². The number of allylic oxidation sites excluding steroid dienone is 3. The topological polar surface area (TPSA) is 26.0 Å². The van der Waals surface area contributed by atoms with Crippen LogP contribution in [0.5, 0.6) is 0 Å². The summed E-state index contributed by atoms with van der Waals surface area (Å²) >= 11 is 0. The molecule has 0 radical (unpaired) electrons. The van der Waals surface area contributed by atoms with Crippen LogP contribution < -0.4 is 5.73 Å². The molecule has 1 saturated carbocycles. The van der Waals surface area contributed by atoms with Gasteiger partial charge in [0, 0.05) is 6.04 Å². The molecule has 1 unspecified atom stereocenters. The molecule has 0 amide bonds. The highest BCUT2D eigenvalue weighted by molar-refractivity contribution is 5.41. The van der Waals surface area contributed by atoms with Crippen LogP contribution in [0.2, 0.25) is 0 Å². The Labute approximate surface area is 68.3 Å². The Hall–Kier alpha value is -0.820. The van der Waals surface area contributed by atoms with Crippen molar-refractivity contribution in [2.24, 2.45) is 5.73 Å². The zero-order valence-electron chi connectivity index (χ0n) is 7.01. The zero-order chi connectivity index (χ0) is 8.27. The van der Waals surface area contributed by atoms with Gasteiger partial charge < -0.3 is 5.73 Å². The van der Waals surface area contributed by atoms with Crippen LogP contribution in [-0.4, -0.2) is 6.04 Å². The lowest BCUT2D eigenvalue weighted by atomic mass is 10.1. The maximum absolute atomic E-state index is 5.87. The molecule has 0 aromatic carbocycles. The lowest BCUT2D eigenvalue weighted by Gasteiger charge is -2.03. The molecule has 1 heteroatoms. The number of hydrogen-bond acceptors (Lipinski definition) is 1. The second kappa shape index (κ2) is 3.54. The molecule has 2 N–H and O–H groups in total. The molecule has 0 aromatic rings. The molecule has 1 rings (SSSR count). The summed E-state index contributed by atoms with van der Waals surface area (Å²) in [6, 6.07) is 0.235. The summed E-state index contributed by atoms with van der Waals surface area (Å²) in [5, 5.41) is 0. The lowest BCUT2D eigenvalue weighted by molar-refractivity contribution is 0.779. The SMILES string of the molecule is C=CC=C1/C(=C\C)CCC1N. The first kappa shape index (κ1) is 8.28. The molecule has 1 atom stereocenters. The van der Waals surface area contributed by atoms with E-state index in [0.717, 1.165) is 12.8 Å². The highest BCUT2D eigenvalue weighted by atomic mass is 14.7. The average Bonchev–Trinajstić information content (AvgIpc) is 2.34. The summed E-state index contributed by atoms with van der Waals surface area (Å²) in [5.74, 6) is 0. The first-order valence-electron chi connectivity index (χ1n) is 4.03. The van der Waals surface area contributed by atoms with Crippen LogP contribution in [0.25, 0.3) is 0 Å². The Balaban J connectivity index is 2.88. The lowest BCUT2D eigenvalue weighted by Crippen LogP contribution is -2.16. The zero-order valence-corrected chi connectivity index (χ0v) is 7.01. The van der Waals surface area contributed by atoms with Crippen LogP contribution in [0.1, 0.15) is 19.8 Å². The van der Waals surface area contributed by atoms with E-state index in [0.29, 0.717) is 0 Å². The van der Waals surface area contributed by atoms with Crippen LogP contribution in [-0.2, 0) is 0 Å². The van der Waals surface area contributed by atoms with Gasteiger partial charge in [-0.3, -0.25) is 0 Å². The molecule has 1 aliphatic rings. The highest BCUT2D eigenvalue weighted by Gasteiger charge is 2.19. The minimum Gasteiger partial charge on any atom is -0.324 e. The van der Waals surface area contributed by atoms with Gasteiger partial charge in [0.2, 0.25) is 0 Å². The van der Waals surface area contributed by atoms with Crippen molar-refractivity contribution >= 4 is 0 Å². The molecule has 11 heavy (non-hydrogen) atoms. The normalized spacial score (nSPS) is 31.6. The number of hydrogen-bond donors (Lipinski definition) is 1. The third-order valence-corrected chi connectivity index (χ3v) is 2.14. The van der Waals surface area contributed by atoms with E-state index in [4.69, 9.17) is 5.73 Å². The summed E-state index contributed by atoms with van der Waals surface area (Å²) in [6.07, 6.45) is 8.18. The molecule has 0 spiro atoms. The van der Waals surface area contributed by atoms with E-state index in [9.17, 15) is 0 Å². The van der Waals surface area contributed by atoms with Gasteiger partial charge in [-0.05, 0) is 30.9 Å². The predicted octanol–water partition coefficient (Wildman–Crippen LogP) is 2.17. The fourth-order valence-electron chi connectivity index (χ4n) is 1.52. The maximum Gasteiger partial charge on any atom is 0.0300 e. The monoisotopic (exact) mass is 149 g/mol. The molecule has 0 bridgehead atoms. The fourth-order valence-corrected chi connectivity index (χ4v) is 1.52. The van der Waals surface area contributed by atoms with Crippen LogP contribution in [0.3, 0.4) is 0 Å². The molecule has 1 nitrogen and oxygen atoms in total. The van der Waals surface area contributed by atoms with Crippen molar-refractivity contribution in [1.29, 1.82) is 0 Å². The molecule has 0 aromatic heterocycles. The summed E-state index contributed by atoms with van der Waals surface area (Å²) in [5.41, 5.74) is 8.53. The van der Waals surface area contributed by atoms with Gasteiger partial charge in [0.25, 0.3) is 0 Å². The van der Waals surface area contributed by atoms with E-state index in [-0.39, 0.29) is 6.04 Å². The Kier molecular flexibility index (Phi) is 2.66. The van der Waals surface area contributed by atoms with Gasteiger partial charge in [-0.25, -0.2) is 0 Å². The van der Waals surface area contributed by atoms with Gasteiger partial charge in [0.05, 0.1) is 0 Å². The van der Waals surface area contributed by atoms with Gasteiger partial charge >= 0.3 is 0 Å². The van der Waals surface area contributed by atoms with Crippen LogP contribution >= 0.6 is 0 Å². The average molecular weight is 149 g/mol. The van der Waals surface area contributed by atoms with Gasteiger partial charge in [-0.2, -0.15) is 0 Å². The van der Waals surface area contributed by atoms with Crippen molar-refractivity contribution in [2.75, 3.05) is 0 Å². The van der Waals surface area contributed by atoms with E-state index in [1.807, 2.05) is 12.2 Å². The third kappa shape index (κ3) is 1.60. The van der Waals surface area contributed by atoms with Crippen molar-refractivity contribution in [3.63, 3.8) is 0 Å². The number of rotatable bonds is 1. The molecule has 1 fully saturated rings. The first-order valence-corrected chi connectivity index (χ1v) is 4.03. The molecular formula is C10H15N. The van der Waals surface area contributed by atoms with Gasteiger partial charge in [-0.15, -0.1) is 0 Å². The van der Waals surface area contributed by atoms with Gasteiger partial charge in [0.1, 0.15) is 0 Å². The second-order valence-corrected chi connectivity index (χ2v) is 2.82. The van der Waals surface area contributed by atoms with Crippen molar-refractivity contribution in [3.8, 4) is 0 Å². The molecule has 0 aliphatic heterocycles. The van der Waals surface area contributed by atoms with E-state index in [2.05, 4.69) is 19.6 Å². The van der Waals surface area contributed by atoms with E-state index in [1.54, 1.807) is 0 Å². The Morgan fingerprint density at radius 3 is 2.91 bits per heavy atom.